The molecule has 0 spiro atoms. The van der Waals surface area contributed by atoms with Crippen LogP contribution in [-0.4, -0.2) is 12.6 Å². The normalized spacial score (nSPS) is 11.0. The van der Waals surface area contributed by atoms with Gasteiger partial charge >= 0.3 is 11.6 Å². The largest absolute Gasteiger partial charge is 0.493 e. The van der Waals surface area contributed by atoms with Gasteiger partial charge in [0.15, 0.2) is 0 Å². The molecule has 0 aliphatic carbocycles. The zero-order valence-electron chi connectivity index (χ0n) is 16.9. The summed E-state index contributed by atoms with van der Waals surface area (Å²) >= 11 is 0. The molecule has 4 aromatic rings. The summed E-state index contributed by atoms with van der Waals surface area (Å²) in [7, 11) is 0. The smallest absolute Gasteiger partial charge is 0.344 e. The summed E-state index contributed by atoms with van der Waals surface area (Å²) in [6.07, 6.45) is 0.768. The summed E-state index contributed by atoms with van der Waals surface area (Å²) in [6.45, 7) is 4.46. The summed E-state index contributed by atoms with van der Waals surface area (Å²) in [5.41, 5.74) is 2.23. The average Bonchev–Trinajstić information content (AvgIpc) is 2.72. The molecule has 0 N–H and O–H groups in total. The van der Waals surface area contributed by atoms with Gasteiger partial charge < -0.3 is 13.9 Å². The zero-order chi connectivity index (χ0) is 21.1. The fourth-order valence-electron chi connectivity index (χ4n) is 3.47. The number of esters is 1. The van der Waals surface area contributed by atoms with E-state index >= 15 is 0 Å². The lowest BCUT2D eigenvalue weighted by atomic mass is 10.1. The highest BCUT2D eigenvalue weighted by atomic mass is 16.5. The molecule has 30 heavy (non-hydrogen) atoms. The minimum atomic E-state index is -0.412. The molecular formula is C25H22O5. The van der Waals surface area contributed by atoms with Crippen molar-refractivity contribution in [3.8, 4) is 11.5 Å². The highest BCUT2D eigenvalue weighted by molar-refractivity contribution is 6.04. The van der Waals surface area contributed by atoms with E-state index in [4.69, 9.17) is 13.9 Å². The van der Waals surface area contributed by atoms with E-state index in [1.807, 2.05) is 38.1 Å². The van der Waals surface area contributed by atoms with Crippen molar-refractivity contribution < 1.29 is 18.7 Å². The third kappa shape index (κ3) is 4.20. The molecule has 0 bridgehead atoms. The maximum Gasteiger partial charge on any atom is 0.344 e. The molecule has 152 valence electrons. The number of hydrogen-bond acceptors (Lipinski definition) is 5. The Bertz CT molecular complexity index is 1290. The summed E-state index contributed by atoms with van der Waals surface area (Å²) < 4.78 is 16.6. The van der Waals surface area contributed by atoms with Gasteiger partial charge in [-0.2, -0.15) is 0 Å². The molecule has 0 amide bonds. The zero-order valence-corrected chi connectivity index (χ0v) is 16.9. The van der Waals surface area contributed by atoms with Crippen LogP contribution in [0, 0.1) is 13.8 Å². The van der Waals surface area contributed by atoms with E-state index in [0.29, 0.717) is 29.7 Å². The Morgan fingerprint density at radius 3 is 2.53 bits per heavy atom. The van der Waals surface area contributed by atoms with Gasteiger partial charge in [0.05, 0.1) is 12.0 Å². The second-order valence-electron chi connectivity index (χ2n) is 7.29. The standard InChI is InChI=1S/C25H22O5/c1-16-9-12-22(17(2)14-16)28-13-5-8-24(26)29-18-10-11-20-19-6-3-4-7-21(19)25(27)30-23(20)15-18/h3-4,6-7,9-12,14-15H,5,8,13H2,1-2H3. The second kappa shape index (κ2) is 8.41. The van der Waals surface area contributed by atoms with Crippen LogP contribution in [0.1, 0.15) is 24.0 Å². The number of carbonyl (C=O) groups excluding carboxylic acids is 1. The van der Waals surface area contributed by atoms with Crippen molar-refractivity contribution in [1.29, 1.82) is 0 Å². The monoisotopic (exact) mass is 402 g/mol. The summed E-state index contributed by atoms with van der Waals surface area (Å²) in [5.74, 6) is 0.814. The van der Waals surface area contributed by atoms with E-state index in [9.17, 15) is 9.59 Å². The number of hydrogen-bond donors (Lipinski definition) is 0. The number of carbonyl (C=O) groups is 1. The van der Waals surface area contributed by atoms with Crippen molar-refractivity contribution in [2.24, 2.45) is 0 Å². The van der Waals surface area contributed by atoms with Crippen LogP contribution < -0.4 is 15.1 Å². The molecule has 0 fully saturated rings. The first-order valence-corrected chi connectivity index (χ1v) is 9.87. The Labute approximate surface area is 173 Å². The molecule has 0 saturated carbocycles. The Balaban J connectivity index is 1.38. The van der Waals surface area contributed by atoms with E-state index in [0.717, 1.165) is 22.1 Å². The lowest BCUT2D eigenvalue weighted by Crippen LogP contribution is -2.10. The Morgan fingerprint density at radius 2 is 1.73 bits per heavy atom. The van der Waals surface area contributed by atoms with Gasteiger partial charge in [-0.25, -0.2) is 4.79 Å². The van der Waals surface area contributed by atoms with E-state index in [1.54, 1.807) is 30.3 Å². The third-order valence-electron chi connectivity index (χ3n) is 4.94. The minimum absolute atomic E-state index is 0.227. The van der Waals surface area contributed by atoms with Gasteiger partial charge in [-0.1, -0.05) is 35.9 Å². The highest BCUT2D eigenvalue weighted by Gasteiger charge is 2.10. The van der Waals surface area contributed by atoms with Crippen LogP contribution in [0.5, 0.6) is 11.5 Å². The van der Waals surface area contributed by atoms with Crippen LogP contribution in [0.4, 0.5) is 0 Å². The summed E-state index contributed by atoms with van der Waals surface area (Å²) in [5, 5.41) is 2.13. The number of aryl methyl sites for hydroxylation is 2. The average molecular weight is 402 g/mol. The molecule has 1 heterocycles. The molecule has 0 saturated heterocycles. The predicted octanol–water partition coefficient (Wildman–Crippen LogP) is 5.33. The molecule has 0 aliphatic rings. The van der Waals surface area contributed by atoms with Crippen molar-refractivity contribution in [2.45, 2.75) is 26.7 Å². The number of rotatable bonds is 6. The molecule has 0 aliphatic heterocycles. The predicted molar refractivity (Wildman–Crippen MR) is 116 cm³/mol. The molecule has 5 heteroatoms. The van der Waals surface area contributed by atoms with Crippen molar-refractivity contribution in [3.05, 3.63) is 82.2 Å². The summed E-state index contributed by atoms with van der Waals surface area (Å²) in [6, 6.07) is 18.3. The molecule has 1 aromatic heterocycles. The van der Waals surface area contributed by atoms with E-state index in [-0.39, 0.29) is 12.4 Å². The molecule has 3 aromatic carbocycles. The van der Waals surface area contributed by atoms with Crippen LogP contribution in [0.25, 0.3) is 21.7 Å². The quantitative estimate of drug-likeness (QED) is 0.143. The van der Waals surface area contributed by atoms with Gasteiger partial charge in [0.25, 0.3) is 0 Å². The summed E-state index contributed by atoms with van der Waals surface area (Å²) in [4.78, 5) is 24.4. The lowest BCUT2D eigenvalue weighted by molar-refractivity contribution is -0.134. The van der Waals surface area contributed by atoms with Gasteiger partial charge in [0, 0.05) is 17.9 Å². The fraction of sp³-hybridized carbons (Fsp3) is 0.200. The first-order valence-electron chi connectivity index (χ1n) is 9.87. The van der Waals surface area contributed by atoms with Gasteiger partial charge in [-0.05, 0) is 55.5 Å². The highest BCUT2D eigenvalue weighted by Crippen LogP contribution is 2.26. The van der Waals surface area contributed by atoms with E-state index in [1.165, 1.54) is 5.56 Å². The Kier molecular flexibility index (Phi) is 5.53. The van der Waals surface area contributed by atoms with Crippen LogP contribution >= 0.6 is 0 Å². The molecule has 0 unspecified atom stereocenters. The van der Waals surface area contributed by atoms with E-state index in [2.05, 4.69) is 6.07 Å². The van der Waals surface area contributed by atoms with Crippen molar-refractivity contribution >= 4 is 27.7 Å². The Morgan fingerprint density at radius 1 is 0.933 bits per heavy atom. The SMILES string of the molecule is Cc1ccc(OCCCC(=O)Oc2ccc3c(c2)oc(=O)c2ccccc23)c(C)c1. The van der Waals surface area contributed by atoms with Crippen LogP contribution in [-0.2, 0) is 4.79 Å². The van der Waals surface area contributed by atoms with Crippen LogP contribution in [0.2, 0.25) is 0 Å². The molecule has 0 radical (unpaired) electrons. The second-order valence-corrected chi connectivity index (χ2v) is 7.29. The maximum atomic E-state index is 12.2. The van der Waals surface area contributed by atoms with Gasteiger partial charge in [-0.3, -0.25) is 4.79 Å². The molecular weight excluding hydrogens is 380 g/mol. The topological polar surface area (TPSA) is 65.7 Å². The van der Waals surface area contributed by atoms with Gasteiger partial charge in [-0.15, -0.1) is 0 Å². The van der Waals surface area contributed by atoms with E-state index < -0.39 is 5.63 Å². The Hall–Kier alpha value is -3.60. The van der Waals surface area contributed by atoms with Crippen LogP contribution in [0.15, 0.2) is 69.9 Å². The maximum absolute atomic E-state index is 12.2. The lowest BCUT2D eigenvalue weighted by Gasteiger charge is -2.10. The fourth-order valence-corrected chi connectivity index (χ4v) is 3.47. The minimum Gasteiger partial charge on any atom is -0.493 e. The third-order valence-corrected chi connectivity index (χ3v) is 4.94. The molecule has 4 rings (SSSR count). The number of fused-ring (bicyclic) bond motifs is 3. The van der Waals surface area contributed by atoms with Crippen molar-refractivity contribution in [1.82, 2.24) is 0 Å². The first kappa shape index (κ1) is 19.7. The number of benzene rings is 3. The van der Waals surface area contributed by atoms with Gasteiger partial charge in [0.1, 0.15) is 17.1 Å². The van der Waals surface area contributed by atoms with Gasteiger partial charge in [0.2, 0.25) is 0 Å². The van der Waals surface area contributed by atoms with Crippen LogP contribution in [0.3, 0.4) is 0 Å². The van der Waals surface area contributed by atoms with Crippen molar-refractivity contribution in [3.63, 3.8) is 0 Å². The molecule has 0 atom stereocenters. The molecule has 5 nitrogen and oxygen atoms in total. The van der Waals surface area contributed by atoms with Crippen molar-refractivity contribution in [2.75, 3.05) is 6.61 Å². The first-order chi connectivity index (χ1) is 14.5. The number of ether oxygens (including phenoxy) is 2.